The zero-order chi connectivity index (χ0) is 29.9. The predicted octanol–water partition coefficient (Wildman–Crippen LogP) is 4.09. The lowest BCUT2D eigenvalue weighted by Crippen LogP contribution is -2.58. The van der Waals surface area contributed by atoms with Gasteiger partial charge in [-0.2, -0.15) is 0 Å². The lowest BCUT2D eigenvalue weighted by atomic mass is 9.73. The Morgan fingerprint density at radius 1 is 0.814 bits per heavy atom. The first-order valence-corrected chi connectivity index (χ1v) is 15.0. The van der Waals surface area contributed by atoms with Crippen LogP contribution in [0, 0.1) is 11.8 Å². The molecule has 0 aliphatic carbocycles. The van der Waals surface area contributed by atoms with E-state index in [9.17, 15) is 19.5 Å². The monoisotopic (exact) mass is 577 g/mol. The maximum Gasteiger partial charge on any atom is 0.253 e. The number of aliphatic hydroxyl groups excluding tert-OH is 1. The molecule has 8 heteroatoms. The third-order valence-corrected chi connectivity index (χ3v) is 9.73. The number of hydrogen-bond acceptors (Lipinski definition) is 5. The minimum Gasteiger partial charge on any atom is -0.394 e. The number of nitrogens with zero attached hydrogens (tertiary/aromatic N) is 3. The van der Waals surface area contributed by atoms with E-state index in [1.165, 1.54) is 4.90 Å². The van der Waals surface area contributed by atoms with Crippen molar-refractivity contribution in [1.29, 1.82) is 0 Å². The van der Waals surface area contributed by atoms with Gasteiger partial charge in [0.2, 0.25) is 11.8 Å². The van der Waals surface area contributed by atoms with Crippen LogP contribution in [0.5, 0.6) is 0 Å². The first-order valence-electron chi connectivity index (χ1n) is 15.0. The summed E-state index contributed by atoms with van der Waals surface area (Å²) in [6, 6.07) is 21.5. The molecule has 3 aromatic carbocycles. The molecule has 2 saturated heterocycles. The Kier molecular flexibility index (Phi) is 6.52. The number of para-hydroxylation sites is 1. The molecular formula is C35H35N3O5. The maximum atomic E-state index is 14.7. The van der Waals surface area contributed by atoms with Crippen LogP contribution in [0.2, 0.25) is 0 Å². The van der Waals surface area contributed by atoms with Crippen LogP contribution in [-0.4, -0.2) is 70.7 Å². The quantitative estimate of drug-likeness (QED) is 0.462. The second-order valence-corrected chi connectivity index (χ2v) is 12.0. The maximum absolute atomic E-state index is 14.7. The molecule has 1 unspecified atom stereocenters. The predicted molar refractivity (Wildman–Crippen MR) is 164 cm³/mol. The number of benzene rings is 3. The molecule has 0 bridgehead atoms. The van der Waals surface area contributed by atoms with E-state index in [2.05, 4.69) is 0 Å². The third kappa shape index (κ3) is 3.93. The number of rotatable bonds is 5. The van der Waals surface area contributed by atoms with E-state index >= 15 is 0 Å². The molecule has 2 fully saturated rings. The number of likely N-dealkylation sites (tertiary alicyclic amines) is 1. The van der Waals surface area contributed by atoms with Crippen molar-refractivity contribution in [2.45, 2.75) is 43.6 Å². The van der Waals surface area contributed by atoms with Crippen molar-refractivity contribution in [3.63, 3.8) is 0 Å². The second kappa shape index (κ2) is 10.2. The lowest BCUT2D eigenvalue weighted by Gasteiger charge is -2.40. The zero-order valence-corrected chi connectivity index (χ0v) is 24.3. The molecule has 4 heterocycles. The summed E-state index contributed by atoms with van der Waals surface area (Å²) in [7, 11) is 0. The molecular weight excluding hydrogens is 542 g/mol. The highest BCUT2D eigenvalue weighted by Crippen LogP contribution is 2.59. The van der Waals surface area contributed by atoms with Gasteiger partial charge in [-0.25, -0.2) is 0 Å². The SMILES string of the molecule is CC[C@@]12C=CCN(c3ccccc3)C(=O)[C@@H]1[C@H]1C(=O)N([C@H](C)CO)C3C(=O)N(c4ccc5ccccc5c4)CC=C[C@@]31O2. The van der Waals surface area contributed by atoms with E-state index in [1.54, 1.807) is 16.7 Å². The zero-order valence-electron chi connectivity index (χ0n) is 24.3. The molecule has 1 N–H and O–H groups in total. The minimum absolute atomic E-state index is 0.206. The van der Waals surface area contributed by atoms with Gasteiger partial charge in [-0.3, -0.25) is 14.4 Å². The van der Waals surface area contributed by atoms with Gasteiger partial charge in [0.05, 0.1) is 30.1 Å². The Morgan fingerprint density at radius 3 is 2.21 bits per heavy atom. The van der Waals surface area contributed by atoms with Crippen LogP contribution >= 0.6 is 0 Å². The molecule has 7 rings (SSSR count). The van der Waals surface area contributed by atoms with Gasteiger partial charge in [-0.15, -0.1) is 0 Å². The molecule has 220 valence electrons. The molecule has 0 aromatic heterocycles. The highest BCUT2D eigenvalue weighted by atomic mass is 16.5. The molecule has 4 aliphatic heterocycles. The lowest BCUT2D eigenvalue weighted by molar-refractivity contribution is -0.148. The Bertz CT molecular complexity index is 1670. The highest BCUT2D eigenvalue weighted by molar-refractivity contribution is 6.08. The topological polar surface area (TPSA) is 90.4 Å². The number of carbonyl (C=O) groups excluding carboxylic acids is 3. The van der Waals surface area contributed by atoms with Crippen LogP contribution < -0.4 is 9.80 Å². The molecule has 0 saturated carbocycles. The number of anilines is 2. The van der Waals surface area contributed by atoms with E-state index in [0.29, 0.717) is 18.7 Å². The van der Waals surface area contributed by atoms with Crippen LogP contribution in [0.25, 0.3) is 10.8 Å². The smallest absolute Gasteiger partial charge is 0.253 e. The van der Waals surface area contributed by atoms with Crippen LogP contribution in [0.15, 0.2) is 97.1 Å². The van der Waals surface area contributed by atoms with Gasteiger partial charge in [0.25, 0.3) is 5.91 Å². The highest BCUT2D eigenvalue weighted by Gasteiger charge is 2.75. The number of carbonyl (C=O) groups is 3. The van der Waals surface area contributed by atoms with E-state index < -0.39 is 35.1 Å². The van der Waals surface area contributed by atoms with Crippen LogP contribution in [0.3, 0.4) is 0 Å². The number of fused-ring (bicyclic) bond motifs is 3. The Hall–Kier alpha value is -4.27. The fourth-order valence-corrected chi connectivity index (χ4v) is 7.68. The number of ether oxygens (including phenoxy) is 1. The van der Waals surface area contributed by atoms with Gasteiger partial charge in [-0.1, -0.05) is 79.8 Å². The van der Waals surface area contributed by atoms with Gasteiger partial charge in [0.15, 0.2) is 0 Å². The van der Waals surface area contributed by atoms with Crippen LogP contribution in [0.4, 0.5) is 11.4 Å². The number of hydrogen-bond donors (Lipinski definition) is 1. The van der Waals surface area contributed by atoms with Gasteiger partial charge < -0.3 is 24.5 Å². The van der Waals surface area contributed by atoms with E-state index in [-0.39, 0.29) is 30.9 Å². The standard InChI is InChI=1S/C35H35N3O5/c1-3-34-17-9-19-36(26-13-5-4-6-14-26)31(40)28(34)29-32(41)38(23(2)22-39)30-33(42)37(20-10-18-35(29,30)43-34)27-16-15-24-11-7-8-12-25(24)21-27/h4-18,21,23,28-30,39H,3,19-20,22H2,1-2H3/t23-,28+,29+,30?,34-,35+/m1/s1. The molecule has 3 aromatic rings. The summed E-state index contributed by atoms with van der Waals surface area (Å²) in [5, 5.41) is 12.3. The van der Waals surface area contributed by atoms with Crippen molar-refractivity contribution in [2.75, 3.05) is 29.5 Å². The summed E-state index contributed by atoms with van der Waals surface area (Å²) in [6.07, 6.45) is 8.05. The molecule has 4 aliphatic rings. The van der Waals surface area contributed by atoms with Crippen molar-refractivity contribution in [2.24, 2.45) is 11.8 Å². The summed E-state index contributed by atoms with van der Waals surface area (Å²) in [6.45, 7) is 3.99. The Morgan fingerprint density at radius 2 is 1.49 bits per heavy atom. The van der Waals surface area contributed by atoms with Crippen molar-refractivity contribution < 1.29 is 24.2 Å². The minimum atomic E-state index is -1.39. The van der Waals surface area contributed by atoms with Gasteiger partial charge in [0.1, 0.15) is 11.6 Å². The second-order valence-electron chi connectivity index (χ2n) is 12.0. The largest absolute Gasteiger partial charge is 0.394 e. The summed E-state index contributed by atoms with van der Waals surface area (Å²) >= 11 is 0. The normalized spacial score (nSPS) is 30.7. The first kappa shape index (κ1) is 27.6. The van der Waals surface area contributed by atoms with Crippen molar-refractivity contribution >= 4 is 39.9 Å². The molecule has 8 nitrogen and oxygen atoms in total. The van der Waals surface area contributed by atoms with Crippen LogP contribution in [-0.2, 0) is 19.1 Å². The molecule has 6 atom stereocenters. The average Bonchev–Trinajstić information content (AvgIpc) is 3.33. The van der Waals surface area contributed by atoms with Crippen molar-refractivity contribution in [3.8, 4) is 0 Å². The van der Waals surface area contributed by atoms with Crippen molar-refractivity contribution in [3.05, 3.63) is 97.1 Å². The average molecular weight is 578 g/mol. The molecule has 1 spiro atoms. The summed E-state index contributed by atoms with van der Waals surface area (Å²) in [5.41, 5.74) is -1.01. The van der Waals surface area contributed by atoms with Crippen LogP contribution in [0.1, 0.15) is 20.3 Å². The molecule has 0 radical (unpaired) electrons. The Balaban J connectivity index is 1.37. The van der Waals surface area contributed by atoms with E-state index in [0.717, 1.165) is 16.5 Å². The number of aliphatic hydroxyl groups is 1. The van der Waals surface area contributed by atoms with E-state index in [4.69, 9.17) is 4.74 Å². The summed E-state index contributed by atoms with van der Waals surface area (Å²) < 4.78 is 7.04. The fourth-order valence-electron chi connectivity index (χ4n) is 7.68. The van der Waals surface area contributed by atoms with Gasteiger partial charge in [-0.05, 0) is 48.4 Å². The van der Waals surface area contributed by atoms with Gasteiger partial charge >= 0.3 is 0 Å². The fraction of sp³-hybridized carbons (Fsp3) is 0.343. The summed E-state index contributed by atoms with van der Waals surface area (Å²) in [5.74, 6) is -2.64. The van der Waals surface area contributed by atoms with E-state index in [1.807, 2.05) is 104 Å². The first-order chi connectivity index (χ1) is 20.8. The Labute approximate surface area is 250 Å². The molecule has 3 amide bonds. The summed E-state index contributed by atoms with van der Waals surface area (Å²) in [4.78, 5) is 48.7. The molecule has 43 heavy (non-hydrogen) atoms. The van der Waals surface area contributed by atoms with Gasteiger partial charge in [0, 0.05) is 24.5 Å². The third-order valence-electron chi connectivity index (χ3n) is 9.73. The van der Waals surface area contributed by atoms with Crippen molar-refractivity contribution in [1.82, 2.24) is 4.90 Å². The number of amides is 3.